The lowest BCUT2D eigenvalue weighted by molar-refractivity contribution is 0.387. The highest BCUT2D eigenvalue weighted by Crippen LogP contribution is 2.27. The smallest absolute Gasteiger partial charge is 0.142 e. The van der Waals surface area contributed by atoms with E-state index in [2.05, 4.69) is 20.2 Å². The molecule has 2 rings (SSSR count). The fraction of sp³-hybridized carbons (Fsp3) is 0.667. The number of nitrogens with one attached hydrogen (secondary N) is 1. The van der Waals surface area contributed by atoms with Crippen molar-refractivity contribution in [1.29, 1.82) is 0 Å². The van der Waals surface area contributed by atoms with Crippen LogP contribution in [0.5, 0.6) is 0 Å². The second-order valence-corrected chi connectivity index (χ2v) is 4.66. The maximum atomic E-state index is 4.66. The summed E-state index contributed by atoms with van der Waals surface area (Å²) in [5.74, 6) is 0.931. The number of fused-ring (bicyclic) bond motifs is 1. The fourth-order valence-electron chi connectivity index (χ4n) is 2.25. The van der Waals surface area contributed by atoms with Crippen LogP contribution in [-0.2, 0) is 13.0 Å². The maximum Gasteiger partial charge on any atom is 0.142 e. The van der Waals surface area contributed by atoms with E-state index in [1.165, 1.54) is 24.1 Å². The molecular weight excluding hydrogens is 200 g/mol. The number of nitrogens with zero attached hydrogens (tertiary/aromatic N) is 3. The molecule has 1 aromatic rings. The molecule has 0 amide bonds. The summed E-state index contributed by atoms with van der Waals surface area (Å²) in [6, 6.07) is 0.442. The lowest BCUT2D eigenvalue weighted by atomic mass is 9.92. The van der Waals surface area contributed by atoms with Gasteiger partial charge in [0, 0.05) is 23.5 Å². The van der Waals surface area contributed by atoms with Gasteiger partial charge in [-0.2, -0.15) is 0 Å². The summed E-state index contributed by atoms with van der Waals surface area (Å²) >= 11 is 0. The Labute approximate surface area is 97.1 Å². The van der Waals surface area contributed by atoms with Crippen LogP contribution < -0.4 is 5.32 Å². The lowest BCUT2D eigenvalue weighted by Gasteiger charge is -2.24. The van der Waals surface area contributed by atoms with Gasteiger partial charge < -0.3 is 10.2 Å². The van der Waals surface area contributed by atoms with Crippen molar-refractivity contribution in [2.24, 2.45) is 0 Å². The number of rotatable bonds is 3. The number of hydrogen-bond acceptors (Lipinski definition) is 4. The van der Waals surface area contributed by atoms with Crippen molar-refractivity contribution in [2.45, 2.75) is 31.8 Å². The average Bonchev–Trinajstić information content (AvgIpc) is 2.27. The molecule has 0 saturated carbocycles. The van der Waals surface area contributed by atoms with Gasteiger partial charge in [-0.25, -0.2) is 9.97 Å². The topological polar surface area (TPSA) is 41.1 Å². The van der Waals surface area contributed by atoms with E-state index in [0.29, 0.717) is 6.04 Å². The van der Waals surface area contributed by atoms with Crippen LogP contribution in [0.4, 0.5) is 0 Å². The Balaban J connectivity index is 2.24. The van der Waals surface area contributed by atoms with Gasteiger partial charge in [0.1, 0.15) is 5.82 Å². The van der Waals surface area contributed by atoms with Crippen LogP contribution in [0.25, 0.3) is 0 Å². The monoisotopic (exact) mass is 220 g/mol. The van der Waals surface area contributed by atoms with Crippen molar-refractivity contribution in [3.63, 3.8) is 0 Å². The molecule has 1 aliphatic rings. The Hall–Kier alpha value is -1.00. The third kappa shape index (κ3) is 2.39. The molecule has 1 N–H and O–H groups in total. The molecular formula is C12H20N4. The van der Waals surface area contributed by atoms with Gasteiger partial charge in [-0.05, 0) is 40.4 Å². The van der Waals surface area contributed by atoms with Crippen LogP contribution in [0.1, 0.15) is 36.0 Å². The maximum absolute atomic E-state index is 4.66. The third-order valence-corrected chi connectivity index (χ3v) is 3.04. The van der Waals surface area contributed by atoms with Crippen LogP contribution in [0.2, 0.25) is 0 Å². The molecule has 0 fully saturated rings. The Morgan fingerprint density at radius 2 is 2.31 bits per heavy atom. The van der Waals surface area contributed by atoms with Crippen molar-refractivity contribution >= 4 is 0 Å². The summed E-state index contributed by atoms with van der Waals surface area (Å²) in [7, 11) is 6.09. The van der Waals surface area contributed by atoms with Crippen LogP contribution >= 0.6 is 0 Å². The summed E-state index contributed by atoms with van der Waals surface area (Å²) in [6.45, 7) is 0.817. The molecule has 1 aromatic heterocycles. The van der Waals surface area contributed by atoms with Crippen LogP contribution in [0.3, 0.4) is 0 Å². The third-order valence-electron chi connectivity index (χ3n) is 3.04. The highest BCUT2D eigenvalue weighted by molar-refractivity contribution is 5.24. The van der Waals surface area contributed by atoms with Gasteiger partial charge in [0.25, 0.3) is 0 Å². The summed E-state index contributed by atoms with van der Waals surface area (Å²) < 4.78 is 0. The van der Waals surface area contributed by atoms with Gasteiger partial charge in [0.05, 0.1) is 6.54 Å². The van der Waals surface area contributed by atoms with E-state index in [9.17, 15) is 0 Å². The predicted molar refractivity (Wildman–Crippen MR) is 64.2 cm³/mol. The molecule has 16 heavy (non-hydrogen) atoms. The van der Waals surface area contributed by atoms with E-state index < -0.39 is 0 Å². The normalized spacial score (nSPS) is 19.9. The number of aromatic nitrogens is 2. The number of aryl methyl sites for hydroxylation is 1. The Bertz CT molecular complexity index is 362. The second-order valence-electron chi connectivity index (χ2n) is 4.66. The zero-order chi connectivity index (χ0) is 11.5. The largest absolute Gasteiger partial charge is 0.313 e. The molecule has 0 saturated heterocycles. The molecule has 4 nitrogen and oxygen atoms in total. The molecule has 0 spiro atoms. The van der Waals surface area contributed by atoms with Gasteiger partial charge in [0.15, 0.2) is 0 Å². The van der Waals surface area contributed by atoms with Gasteiger partial charge in [-0.3, -0.25) is 0 Å². The average molecular weight is 220 g/mol. The quantitative estimate of drug-likeness (QED) is 0.829. The van der Waals surface area contributed by atoms with E-state index in [0.717, 1.165) is 18.8 Å². The Morgan fingerprint density at radius 3 is 3.00 bits per heavy atom. The van der Waals surface area contributed by atoms with Crippen molar-refractivity contribution in [1.82, 2.24) is 20.2 Å². The molecule has 1 unspecified atom stereocenters. The lowest BCUT2D eigenvalue weighted by Crippen LogP contribution is -2.24. The summed E-state index contributed by atoms with van der Waals surface area (Å²) in [6.07, 6.45) is 5.51. The van der Waals surface area contributed by atoms with Crippen molar-refractivity contribution in [2.75, 3.05) is 21.1 Å². The zero-order valence-corrected chi connectivity index (χ0v) is 10.3. The molecule has 0 bridgehead atoms. The summed E-state index contributed by atoms with van der Waals surface area (Å²) in [4.78, 5) is 11.2. The van der Waals surface area contributed by atoms with Crippen molar-refractivity contribution < 1.29 is 0 Å². The molecule has 4 heteroatoms. The van der Waals surface area contributed by atoms with Gasteiger partial charge in [-0.1, -0.05) is 0 Å². The Morgan fingerprint density at radius 1 is 1.50 bits per heavy atom. The SMILES string of the molecule is CNC1CCCc2nc(CN(C)C)ncc21. The molecule has 0 radical (unpaired) electrons. The van der Waals surface area contributed by atoms with Gasteiger partial charge >= 0.3 is 0 Å². The molecule has 0 aromatic carbocycles. The first-order valence-corrected chi connectivity index (χ1v) is 5.87. The van der Waals surface area contributed by atoms with Gasteiger partial charge in [0.2, 0.25) is 0 Å². The van der Waals surface area contributed by atoms with Crippen molar-refractivity contribution in [3.05, 3.63) is 23.3 Å². The summed E-state index contributed by atoms with van der Waals surface area (Å²) in [5, 5.41) is 3.33. The molecule has 1 atom stereocenters. The van der Waals surface area contributed by atoms with E-state index in [1.54, 1.807) is 0 Å². The highest BCUT2D eigenvalue weighted by Gasteiger charge is 2.20. The minimum absolute atomic E-state index is 0.442. The first-order chi connectivity index (χ1) is 7.70. The van der Waals surface area contributed by atoms with Crippen molar-refractivity contribution in [3.8, 4) is 0 Å². The van der Waals surface area contributed by atoms with E-state index >= 15 is 0 Å². The second kappa shape index (κ2) is 4.89. The molecule has 0 aliphatic heterocycles. The van der Waals surface area contributed by atoms with E-state index in [-0.39, 0.29) is 0 Å². The standard InChI is InChI=1S/C12H20N4/c1-13-10-5-4-6-11-9(10)7-14-12(15-11)8-16(2)3/h7,10,13H,4-6,8H2,1-3H3. The molecule has 88 valence electrons. The fourth-order valence-corrected chi connectivity index (χ4v) is 2.25. The molecule has 1 heterocycles. The minimum atomic E-state index is 0.442. The summed E-state index contributed by atoms with van der Waals surface area (Å²) in [5.41, 5.74) is 2.52. The predicted octanol–water partition coefficient (Wildman–Crippen LogP) is 1.13. The highest BCUT2D eigenvalue weighted by atomic mass is 15.1. The minimum Gasteiger partial charge on any atom is -0.313 e. The first kappa shape index (κ1) is 11.5. The van der Waals surface area contributed by atoms with Crippen LogP contribution in [-0.4, -0.2) is 36.0 Å². The Kier molecular flexibility index (Phi) is 3.51. The van der Waals surface area contributed by atoms with E-state index in [4.69, 9.17) is 0 Å². The van der Waals surface area contributed by atoms with Crippen LogP contribution in [0.15, 0.2) is 6.20 Å². The molecule has 1 aliphatic carbocycles. The first-order valence-electron chi connectivity index (χ1n) is 5.87. The number of hydrogen-bond donors (Lipinski definition) is 1. The van der Waals surface area contributed by atoms with Gasteiger partial charge in [-0.15, -0.1) is 0 Å². The van der Waals surface area contributed by atoms with Crippen LogP contribution in [0, 0.1) is 0 Å². The zero-order valence-electron chi connectivity index (χ0n) is 10.3. The van der Waals surface area contributed by atoms with E-state index in [1.807, 2.05) is 27.3 Å².